The number of hydrogen-bond donors (Lipinski definition) is 1. The molecule has 0 radical (unpaired) electrons. The number of ether oxygens (including phenoxy) is 1. The third-order valence-corrected chi connectivity index (χ3v) is 2.89. The molecule has 1 amide bonds. The summed E-state index contributed by atoms with van der Waals surface area (Å²) in [5, 5.41) is 10.2. The Bertz CT molecular complexity index is 647. The van der Waals surface area contributed by atoms with Crippen LogP contribution in [-0.2, 0) is 17.7 Å². The first kappa shape index (κ1) is 16.0. The van der Waals surface area contributed by atoms with Gasteiger partial charge in [-0.05, 0) is 0 Å². The number of amides is 1. The second-order valence-electron chi connectivity index (χ2n) is 4.42. The van der Waals surface area contributed by atoms with Crippen molar-refractivity contribution in [3.8, 4) is 0 Å². The van der Waals surface area contributed by atoms with Crippen molar-refractivity contribution in [2.24, 2.45) is 0 Å². The number of carbonyl (C=O) groups excluding carboxylic acids is 1. The van der Waals surface area contributed by atoms with E-state index < -0.39 is 23.2 Å². The fourth-order valence-electron chi connectivity index (χ4n) is 1.80. The molecule has 2 aromatic rings. The molecule has 2 heterocycles. The largest absolute Gasteiger partial charge is 0.383 e. The highest BCUT2D eigenvalue weighted by molar-refractivity contribution is 5.92. The predicted octanol–water partition coefficient (Wildman–Crippen LogP) is 0.570. The highest BCUT2D eigenvalue weighted by atomic mass is 19.1. The minimum Gasteiger partial charge on any atom is -0.383 e. The molecule has 118 valence electrons. The van der Waals surface area contributed by atoms with E-state index in [2.05, 4.69) is 20.5 Å². The third kappa shape index (κ3) is 4.04. The minimum absolute atomic E-state index is 0.225. The quantitative estimate of drug-likeness (QED) is 0.808. The highest BCUT2D eigenvalue weighted by Crippen LogP contribution is 2.05. The van der Waals surface area contributed by atoms with E-state index in [-0.39, 0.29) is 6.54 Å². The van der Waals surface area contributed by atoms with Crippen LogP contribution in [0.15, 0.2) is 18.6 Å². The Morgan fingerprint density at radius 3 is 3.00 bits per heavy atom. The minimum atomic E-state index is -0.999. The Labute approximate surface area is 125 Å². The average molecular weight is 311 g/mol. The smallest absolute Gasteiger partial charge is 0.272 e. The second-order valence-corrected chi connectivity index (χ2v) is 4.42. The topological polar surface area (TPSA) is 81.9 Å². The van der Waals surface area contributed by atoms with Crippen LogP contribution in [0.1, 0.15) is 16.3 Å². The Morgan fingerprint density at radius 1 is 1.45 bits per heavy atom. The summed E-state index contributed by atoms with van der Waals surface area (Å²) in [6.45, 7) is 1.34. The van der Waals surface area contributed by atoms with E-state index in [1.54, 1.807) is 18.0 Å². The van der Waals surface area contributed by atoms with Crippen molar-refractivity contribution in [1.29, 1.82) is 0 Å². The Kier molecular flexibility index (Phi) is 5.48. The van der Waals surface area contributed by atoms with Gasteiger partial charge in [-0.25, -0.2) is 13.8 Å². The molecule has 22 heavy (non-hydrogen) atoms. The average Bonchev–Trinajstić information content (AvgIpc) is 2.92. The second kappa shape index (κ2) is 7.55. The van der Waals surface area contributed by atoms with Gasteiger partial charge in [0.15, 0.2) is 11.5 Å². The molecule has 0 fully saturated rings. The normalized spacial score (nSPS) is 10.7. The van der Waals surface area contributed by atoms with Gasteiger partial charge in [-0.3, -0.25) is 4.79 Å². The maximum Gasteiger partial charge on any atom is 0.272 e. The van der Waals surface area contributed by atoms with Crippen LogP contribution in [0.2, 0.25) is 0 Å². The van der Waals surface area contributed by atoms with E-state index in [0.29, 0.717) is 31.5 Å². The molecule has 9 heteroatoms. The van der Waals surface area contributed by atoms with Crippen molar-refractivity contribution in [2.75, 3.05) is 20.3 Å². The van der Waals surface area contributed by atoms with Gasteiger partial charge in [0.25, 0.3) is 5.91 Å². The zero-order valence-electron chi connectivity index (χ0n) is 11.9. The Balaban J connectivity index is 1.88. The van der Waals surface area contributed by atoms with E-state index >= 15 is 0 Å². The van der Waals surface area contributed by atoms with Gasteiger partial charge in [0.2, 0.25) is 0 Å². The van der Waals surface area contributed by atoms with Crippen molar-refractivity contribution in [2.45, 2.75) is 13.0 Å². The molecule has 0 bridgehead atoms. The van der Waals surface area contributed by atoms with Gasteiger partial charge in [-0.15, -0.1) is 10.2 Å². The monoisotopic (exact) mass is 311 g/mol. The first-order chi connectivity index (χ1) is 10.6. The number of halogens is 2. The number of nitrogens with zero attached hydrogens (tertiary/aromatic N) is 4. The van der Waals surface area contributed by atoms with E-state index in [9.17, 15) is 13.6 Å². The molecular weight excluding hydrogens is 296 g/mol. The SMILES string of the molecule is COCCn1cnnc1CCNC(=O)c1ncc(F)cc1F. The fraction of sp³-hybridized carbons (Fsp3) is 0.385. The van der Waals surface area contributed by atoms with Crippen molar-refractivity contribution < 1.29 is 18.3 Å². The molecule has 2 aromatic heterocycles. The summed E-state index contributed by atoms with van der Waals surface area (Å²) >= 11 is 0. The van der Waals surface area contributed by atoms with Crippen LogP contribution in [-0.4, -0.2) is 45.9 Å². The molecule has 0 aliphatic rings. The molecule has 0 unspecified atom stereocenters. The van der Waals surface area contributed by atoms with E-state index in [1.165, 1.54) is 0 Å². The van der Waals surface area contributed by atoms with Crippen LogP contribution in [0.5, 0.6) is 0 Å². The van der Waals surface area contributed by atoms with E-state index in [4.69, 9.17) is 4.74 Å². The summed E-state index contributed by atoms with van der Waals surface area (Å²) in [5.74, 6) is -1.87. The summed E-state index contributed by atoms with van der Waals surface area (Å²) in [6.07, 6.45) is 2.77. The van der Waals surface area contributed by atoms with Gasteiger partial charge in [0.1, 0.15) is 18.0 Å². The first-order valence-corrected chi connectivity index (χ1v) is 6.56. The number of pyridine rings is 1. The molecule has 0 spiro atoms. The van der Waals surface area contributed by atoms with Gasteiger partial charge < -0.3 is 14.6 Å². The molecule has 1 N–H and O–H groups in total. The van der Waals surface area contributed by atoms with Gasteiger partial charge in [0.05, 0.1) is 12.8 Å². The summed E-state index contributed by atoms with van der Waals surface area (Å²) in [5.41, 5.74) is -0.442. The van der Waals surface area contributed by atoms with Crippen molar-refractivity contribution in [1.82, 2.24) is 25.1 Å². The lowest BCUT2D eigenvalue weighted by Gasteiger charge is -2.07. The number of carbonyl (C=O) groups is 1. The van der Waals surface area contributed by atoms with Crippen LogP contribution in [0, 0.1) is 11.6 Å². The van der Waals surface area contributed by atoms with Gasteiger partial charge in [-0.1, -0.05) is 0 Å². The molecule has 0 saturated heterocycles. The Hall–Kier alpha value is -2.42. The van der Waals surface area contributed by atoms with E-state index in [1.807, 2.05) is 0 Å². The fourth-order valence-corrected chi connectivity index (χ4v) is 1.80. The summed E-state index contributed by atoms with van der Waals surface area (Å²) in [7, 11) is 1.59. The maximum atomic E-state index is 13.4. The zero-order valence-corrected chi connectivity index (χ0v) is 11.9. The molecule has 0 atom stereocenters. The molecule has 7 nitrogen and oxygen atoms in total. The molecule has 0 aliphatic heterocycles. The van der Waals surface area contributed by atoms with Crippen molar-refractivity contribution in [3.63, 3.8) is 0 Å². The van der Waals surface area contributed by atoms with Crippen molar-refractivity contribution in [3.05, 3.63) is 41.7 Å². The summed E-state index contributed by atoms with van der Waals surface area (Å²) in [6, 6.07) is 0.614. The summed E-state index contributed by atoms with van der Waals surface area (Å²) in [4.78, 5) is 15.2. The lowest BCUT2D eigenvalue weighted by atomic mass is 10.3. The number of rotatable bonds is 7. The molecule has 2 rings (SSSR count). The molecule has 0 aromatic carbocycles. The molecule has 0 saturated carbocycles. The number of methoxy groups -OCH3 is 1. The third-order valence-electron chi connectivity index (χ3n) is 2.89. The molecule has 0 aliphatic carbocycles. The number of hydrogen-bond acceptors (Lipinski definition) is 5. The lowest BCUT2D eigenvalue weighted by Crippen LogP contribution is -2.28. The van der Waals surface area contributed by atoms with Crippen LogP contribution in [0.3, 0.4) is 0 Å². The summed E-state index contributed by atoms with van der Waals surface area (Å²) < 4.78 is 32.9. The zero-order chi connectivity index (χ0) is 15.9. The van der Waals surface area contributed by atoms with Gasteiger partial charge in [0, 0.05) is 32.7 Å². The number of nitrogens with one attached hydrogen (secondary N) is 1. The standard InChI is InChI=1S/C13H15F2N5O2/c1-22-5-4-20-8-18-19-11(20)2-3-16-13(21)12-10(15)6-9(14)7-17-12/h6-8H,2-5H2,1H3,(H,16,21). The van der Waals surface area contributed by atoms with E-state index in [0.717, 1.165) is 6.20 Å². The number of aromatic nitrogens is 4. The lowest BCUT2D eigenvalue weighted by molar-refractivity contribution is 0.0944. The molecular formula is C13H15F2N5O2. The van der Waals surface area contributed by atoms with Gasteiger partial charge >= 0.3 is 0 Å². The van der Waals surface area contributed by atoms with Crippen LogP contribution in [0.25, 0.3) is 0 Å². The van der Waals surface area contributed by atoms with Gasteiger partial charge in [-0.2, -0.15) is 0 Å². The first-order valence-electron chi connectivity index (χ1n) is 6.56. The predicted molar refractivity (Wildman–Crippen MR) is 72.1 cm³/mol. The Morgan fingerprint density at radius 2 is 2.27 bits per heavy atom. The maximum absolute atomic E-state index is 13.4. The van der Waals surface area contributed by atoms with Crippen LogP contribution < -0.4 is 5.32 Å². The highest BCUT2D eigenvalue weighted by Gasteiger charge is 2.14. The van der Waals surface area contributed by atoms with Crippen LogP contribution in [0.4, 0.5) is 8.78 Å². The van der Waals surface area contributed by atoms with Crippen LogP contribution >= 0.6 is 0 Å². The van der Waals surface area contributed by atoms with Crippen molar-refractivity contribution >= 4 is 5.91 Å².